The molecule has 114 valence electrons. The first-order chi connectivity index (χ1) is 8.96. The third-order valence-electron chi connectivity index (χ3n) is 4.03. The number of hydrogen-bond acceptors (Lipinski definition) is 4. The average Bonchev–Trinajstić information content (AvgIpc) is 2.28. The second-order valence-corrected chi connectivity index (χ2v) is 6.04. The molecule has 0 aromatic rings. The Balaban J connectivity index is 2.35. The molecular formula is C15H32N2O2. The molecule has 3 atom stereocenters. The van der Waals surface area contributed by atoms with Crippen LogP contribution in [0.3, 0.4) is 0 Å². The first-order valence-corrected chi connectivity index (χ1v) is 7.72. The standard InChI is InChI=1S/C15H32N2O2/c1-6-14(7-2)16(5)10-15(18)11-17-8-12(3)19-13(4)9-17/h12-15,18H,6-11H2,1-5H3. The third kappa shape index (κ3) is 5.78. The SMILES string of the molecule is CCC(CC)N(C)CC(O)CN1CC(C)OC(C)C1. The van der Waals surface area contributed by atoms with Gasteiger partial charge in [0.25, 0.3) is 0 Å². The summed E-state index contributed by atoms with van der Waals surface area (Å²) in [5.74, 6) is 0. The van der Waals surface area contributed by atoms with Gasteiger partial charge in [-0.2, -0.15) is 0 Å². The van der Waals surface area contributed by atoms with E-state index < -0.39 is 0 Å². The fourth-order valence-corrected chi connectivity index (χ4v) is 3.18. The van der Waals surface area contributed by atoms with E-state index in [2.05, 4.69) is 44.5 Å². The molecule has 1 aliphatic heterocycles. The van der Waals surface area contributed by atoms with Crippen LogP contribution in [-0.4, -0.2) is 72.5 Å². The number of rotatable bonds is 7. The van der Waals surface area contributed by atoms with E-state index in [9.17, 15) is 5.11 Å². The molecule has 3 unspecified atom stereocenters. The third-order valence-corrected chi connectivity index (χ3v) is 4.03. The molecule has 0 bridgehead atoms. The zero-order valence-electron chi connectivity index (χ0n) is 13.3. The number of aliphatic hydroxyl groups is 1. The van der Waals surface area contributed by atoms with Crippen molar-refractivity contribution < 1.29 is 9.84 Å². The summed E-state index contributed by atoms with van der Waals surface area (Å²) in [5, 5.41) is 10.3. The number of β-amino-alcohol motifs (C(OH)–C–C–N with tert-alkyl or cyclic N) is 1. The van der Waals surface area contributed by atoms with Crippen LogP contribution in [-0.2, 0) is 4.74 Å². The van der Waals surface area contributed by atoms with Gasteiger partial charge in [-0.05, 0) is 33.7 Å². The molecule has 4 heteroatoms. The Hall–Kier alpha value is -0.160. The quantitative estimate of drug-likeness (QED) is 0.763. The van der Waals surface area contributed by atoms with Crippen LogP contribution in [0.1, 0.15) is 40.5 Å². The predicted octanol–water partition coefficient (Wildman–Crippen LogP) is 1.58. The summed E-state index contributed by atoms with van der Waals surface area (Å²) < 4.78 is 5.72. The monoisotopic (exact) mass is 272 g/mol. The summed E-state index contributed by atoms with van der Waals surface area (Å²) in [4.78, 5) is 4.61. The van der Waals surface area contributed by atoms with Crippen LogP contribution in [0.25, 0.3) is 0 Å². The van der Waals surface area contributed by atoms with Gasteiger partial charge in [0.15, 0.2) is 0 Å². The molecule has 0 spiro atoms. The van der Waals surface area contributed by atoms with Crippen molar-refractivity contribution in [2.24, 2.45) is 0 Å². The van der Waals surface area contributed by atoms with Crippen molar-refractivity contribution in [2.75, 3.05) is 33.2 Å². The largest absolute Gasteiger partial charge is 0.390 e. The fraction of sp³-hybridized carbons (Fsp3) is 1.00. The lowest BCUT2D eigenvalue weighted by atomic mass is 10.1. The van der Waals surface area contributed by atoms with Gasteiger partial charge in [-0.1, -0.05) is 13.8 Å². The van der Waals surface area contributed by atoms with Crippen LogP contribution in [0, 0.1) is 0 Å². The smallest absolute Gasteiger partial charge is 0.0793 e. The number of ether oxygens (including phenoxy) is 1. The van der Waals surface area contributed by atoms with Gasteiger partial charge in [0.2, 0.25) is 0 Å². The Bertz CT molecular complexity index is 236. The van der Waals surface area contributed by atoms with Crippen LogP contribution in [0.15, 0.2) is 0 Å². The minimum Gasteiger partial charge on any atom is -0.390 e. The lowest BCUT2D eigenvalue weighted by molar-refractivity contribution is -0.0782. The van der Waals surface area contributed by atoms with Crippen LogP contribution < -0.4 is 0 Å². The van der Waals surface area contributed by atoms with Gasteiger partial charge in [0, 0.05) is 32.2 Å². The van der Waals surface area contributed by atoms with Gasteiger partial charge in [0.05, 0.1) is 18.3 Å². The summed E-state index contributed by atoms with van der Waals surface area (Å²) in [6.07, 6.45) is 2.56. The lowest BCUT2D eigenvalue weighted by Crippen LogP contribution is -2.50. The molecule has 1 aliphatic rings. The predicted molar refractivity (Wildman–Crippen MR) is 79.5 cm³/mol. The Morgan fingerprint density at radius 3 is 2.21 bits per heavy atom. The molecule has 1 rings (SSSR count). The van der Waals surface area contributed by atoms with Crippen molar-refractivity contribution in [3.8, 4) is 0 Å². The lowest BCUT2D eigenvalue weighted by Gasteiger charge is -2.37. The van der Waals surface area contributed by atoms with Gasteiger partial charge in [-0.15, -0.1) is 0 Å². The molecule has 4 nitrogen and oxygen atoms in total. The minimum atomic E-state index is -0.275. The molecule has 0 aromatic heterocycles. The molecule has 0 aliphatic carbocycles. The summed E-state index contributed by atoms with van der Waals surface area (Å²) in [7, 11) is 2.12. The van der Waals surface area contributed by atoms with Gasteiger partial charge < -0.3 is 14.7 Å². The van der Waals surface area contributed by atoms with E-state index in [4.69, 9.17) is 4.74 Å². The summed E-state index contributed by atoms with van der Waals surface area (Å²) >= 11 is 0. The van der Waals surface area contributed by atoms with Crippen LogP contribution in [0.5, 0.6) is 0 Å². The Kier molecular flexibility index (Phi) is 7.29. The zero-order valence-corrected chi connectivity index (χ0v) is 13.3. The second-order valence-electron chi connectivity index (χ2n) is 6.04. The normalized spacial score (nSPS) is 27.2. The topological polar surface area (TPSA) is 35.9 Å². The van der Waals surface area contributed by atoms with Gasteiger partial charge >= 0.3 is 0 Å². The van der Waals surface area contributed by atoms with Crippen molar-refractivity contribution >= 4 is 0 Å². The van der Waals surface area contributed by atoms with Crippen LogP contribution >= 0.6 is 0 Å². The van der Waals surface area contributed by atoms with Crippen LogP contribution in [0.4, 0.5) is 0 Å². The summed E-state index contributed by atoms with van der Waals surface area (Å²) in [6.45, 7) is 12.0. The van der Waals surface area contributed by atoms with E-state index in [1.165, 1.54) is 0 Å². The molecule has 19 heavy (non-hydrogen) atoms. The van der Waals surface area contributed by atoms with E-state index in [1.807, 2.05) is 0 Å². The minimum absolute atomic E-state index is 0.271. The molecule has 1 fully saturated rings. The first kappa shape index (κ1) is 16.9. The molecule has 1 saturated heterocycles. The molecule has 1 N–H and O–H groups in total. The highest BCUT2D eigenvalue weighted by Crippen LogP contribution is 2.12. The van der Waals surface area contributed by atoms with E-state index in [-0.39, 0.29) is 18.3 Å². The number of hydrogen-bond donors (Lipinski definition) is 1. The molecular weight excluding hydrogens is 240 g/mol. The molecule has 0 saturated carbocycles. The highest BCUT2D eigenvalue weighted by molar-refractivity contribution is 4.77. The summed E-state index contributed by atoms with van der Waals surface area (Å²) in [6, 6.07) is 0.581. The van der Waals surface area contributed by atoms with Crippen molar-refractivity contribution in [2.45, 2.75) is 64.9 Å². The Labute approximate surface area is 118 Å². The van der Waals surface area contributed by atoms with E-state index in [1.54, 1.807) is 0 Å². The van der Waals surface area contributed by atoms with E-state index >= 15 is 0 Å². The second kappa shape index (κ2) is 8.20. The zero-order chi connectivity index (χ0) is 14.4. The Morgan fingerprint density at radius 1 is 1.21 bits per heavy atom. The highest BCUT2D eigenvalue weighted by Gasteiger charge is 2.24. The summed E-state index contributed by atoms with van der Waals surface area (Å²) in [5.41, 5.74) is 0. The van der Waals surface area contributed by atoms with Crippen molar-refractivity contribution in [1.82, 2.24) is 9.80 Å². The average molecular weight is 272 g/mol. The molecule has 0 amide bonds. The maximum Gasteiger partial charge on any atom is 0.0793 e. The van der Waals surface area contributed by atoms with Crippen LogP contribution in [0.2, 0.25) is 0 Å². The van der Waals surface area contributed by atoms with Gasteiger partial charge in [-0.3, -0.25) is 4.90 Å². The van der Waals surface area contributed by atoms with E-state index in [0.29, 0.717) is 6.04 Å². The maximum atomic E-state index is 10.3. The van der Waals surface area contributed by atoms with Gasteiger partial charge in [-0.25, -0.2) is 0 Å². The maximum absolute atomic E-state index is 10.3. The van der Waals surface area contributed by atoms with Crippen molar-refractivity contribution in [1.29, 1.82) is 0 Å². The number of nitrogens with zero attached hydrogens (tertiary/aromatic N) is 2. The highest BCUT2D eigenvalue weighted by atomic mass is 16.5. The molecule has 0 radical (unpaired) electrons. The fourth-order valence-electron chi connectivity index (χ4n) is 3.18. The Morgan fingerprint density at radius 2 is 1.74 bits per heavy atom. The van der Waals surface area contributed by atoms with Gasteiger partial charge in [0.1, 0.15) is 0 Å². The number of likely N-dealkylation sites (N-methyl/N-ethyl adjacent to an activating group) is 1. The van der Waals surface area contributed by atoms with E-state index in [0.717, 1.165) is 39.0 Å². The molecule has 1 heterocycles. The first-order valence-electron chi connectivity index (χ1n) is 7.72. The van der Waals surface area contributed by atoms with Crippen molar-refractivity contribution in [3.05, 3.63) is 0 Å². The molecule has 0 aromatic carbocycles. The number of morpholine rings is 1. The van der Waals surface area contributed by atoms with Crippen molar-refractivity contribution in [3.63, 3.8) is 0 Å². The number of aliphatic hydroxyl groups excluding tert-OH is 1.